The number of thioether (sulfide) groups is 1. The molecule has 1 atom stereocenters. The number of carbonyl (C=O) groups excluding carboxylic acids is 2. The standard InChI is InChI=1S/C15H18N2O5S/c1-22-7-6-17(9-14(19)20)13(18)8-12-15(21)16-10-4-2-3-5-11(10)23-12/h2-5,12H,6-9H2,1H3,(H,16,21)(H,19,20)/t12-/m1/s1. The zero-order chi connectivity index (χ0) is 16.8. The Morgan fingerprint density at radius 2 is 2.13 bits per heavy atom. The van der Waals surface area contributed by atoms with E-state index >= 15 is 0 Å². The minimum atomic E-state index is -1.10. The van der Waals surface area contributed by atoms with E-state index in [9.17, 15) is 14.4 Å². The second-order valence-corrected chi connectivity index (χ2v) is 6.24. The number of methoxy groups -OCH3 is 1. The molecule has 1 aromatic carbocycles. The molecule has 1 heterocycles. The minimum absolute atomic E-state index is 0.0537. The quantitative estimate of drug-likeness (QED) is 0.771. The number of para-hydroxylation sites is 1. The number of aliphatic carboxylic acids is 1. The predicted octanol–water partition coefficient (Wildman–Crippen LogP) is 1.05. The van der Waals surface area contributed by atoms with E-state index in [1.807, 2.05) is 18.2 Å². The van der Waals surface area contributed by atoms with Crippen molar-refractivity contribution >= 4 is 35.2 Å². The molecule has 0 spiro atoms. The molecule has 0 saturated carbocycles. The number of rotatable bonds is 7. The topological polar surface area (TPSA) is 95.9 Å². The van der Waals surface area contributed by atoms with Crippen LogP contribution in [-0.4, -0.2) is 59.8 Å². The third kappa shape index (κ3) is 4.70. The minimum Gasteiger partial charge on any atom is -0.480 e. The zero-order valence-electron chi connectivity index (χ0n) is 12.7. The smallest absolute Gasteiger partial charge is 0.323 e. The van der Waals surface area contributed by atoms with Crippen LogP contribution < -0.4 is 5.32 Å². The van der Waals surface area contributed by atoms with E-state index in [1.54, 1.807) is 6.07 Å². The maximum atomic E-state index is 12.3. The first-order valence-electron chi connectivity index (χ1n) is 7.06. The molecule has 0 bridgehead atoms. The van der Waals surface area contributed by atoms with Crippen molar-refractivity contribution in [2.24, 2.45) is 0 Å². The number of carboxylic acid groups (broad SMARTS) is 1. The molecule has 8 heteroatoms. The number of hydrogen-bond donors (Lipinski definition) is 2. The molecule has 0 aliphatic carbocycles. The molecule has 0 aromatic heterocycles. The number of benzene rings is 1. The molecule has 7 nitrogen and oxygen atoms in total. The molecular weight excluding hydrogens is 320 g/mol. The van der Waals surface area contributed by atoms with Gasteiger partial charge >= 0.3 is 5.97 Å². The monoisotopic (exact) mass is 338 g/mol. The number of nitrogens with zero attached hydrogens (tertiary/aromatic N) is 1. The fourth-order valence-electron chi connectivity index (χ4n) is 2.17. The van der Waals surface area contributed by atoms with Gasteiger partial charge in [-0.3, -0.25) is 14.4 Å². The summed E-state index contributed by atoms with van der Waals surface area (Å²) in [4.78, 5) is 37.4. The highest BCUT2D eigenvalue weighted by Gasteiger charge is 2.30. The summed E-state index contributed by atoms with van der Waals surface area (Å²) >= 11 is 1.32. The van der Waals surface area contributed by atoms with Crippen LogP contribution in [-0.2, 0) is 19.1 Å². The predicted molar refractivity (Wildman–Crippen MR) is 85.4 cm³/mol. The van der Waals surface area contributed by atoms with Crippen LogP contribution in [0.1, 0.15) is 6.42 Å². The Morgan fingerprint density at radius 1 is 1.39 bits per heavy atom. The van der Waals surface area contributed by atoms with Crippen LogP contribution in [0.4, 0.5) is 5.69 Å². The molecule has 1 aliphatic rings. The average molecular weight is 338 g/mol. The Labute approximate surface area is 138 Å². The van der Waals surface area contributed by atoms with Gasteiger partial charge in [0.15, 0.2) is 0 Å². The van der Waals surface area contributed by atoms with E-state index in [-0.39, 0.29) is 31.4 Å². The zero-order valence-corrected chi connectivity index (χ0v) is 13.5. The van der Waals surface area contributed by atoms with Gasteiger partial charge in [-0.15, -0.1) is 11.8 Å². The lowest BCUT2D eigenvalue weighted by Gasteiger charge is -2.26. The van der Waals surface area contributed by atoms with E-state index < -0.39 is 17.8 Å². The third-order valence-corrected chi connectivity index (χ3v) is 4.59. The average Bonchev–Trinajstić information content (AvgIpc) is 2.51. The first kappa shape index (κ1) is 17.3. The summed E-state index contributed by atoms with van der Waals surface area (Å²) in [5.74, 6) is -1.72. The molecule has 2 amide bonds. The van der Waals surface area contributed by atoms with Crippen LogP contribution >= 0.6 is 11.8 Å². The van der Waals surface area contributed by atoms with Crippen LogP contribution in [0.25, 0.3) is 0 Å². The van der Waals surface area contributed by atoms with Gasteiger partial charge in [0.05, 0.1) is 17.5 Å². The number of amides is 2. The van der Waals surface area contributed by atoms with Crippen molar-refractivity contribution in [2.75, 3.05) is 32.1 Å². The lowest BCUT2D eigenvalue weighted by molar-refractivity contribution is -0.145. The van der Waals surface area contributed by atoms with E-state index in [4.69, 9.17) is 9.84 Å². The van der Waals surface area contributed by atoms with Crippen molar-refractivity contribution in [2.45, 2.75) is 16.6 Å². The SMILES string of the molecule is COCCN(CC(=O)O)C(=O)C[C@H]1Sc2ccccc2NC1=O. The highest BCUT2D eigenvalue weighted by Crippen LogP contribution is 2.36. The van der Waals surface area contributed by atoms with Crippen LogP contribution in [0.15, 0.2) is 29.2 Å². The van der Waals surface area contributed by atoms with E-state index in [1.165, 1.54) is 23.8 Å². The number of fused-ring (bicyclic) bond motifs is 1. The normalized spacial score (nSPS) is 16.4. The Balaban J connectivity index is 2.03. The van der Waals surface area contributed by atoms with Crippen molar-refractivity contribution in [3.8, 4) is 0 Å². The van der Waals surface area contributed by atoms with Crippen LogP contribution in [0.3, 0.4) is 0 Å². The van der Waals surface area contributed by atoms with Gasteiger partial charge < -0.3 is 20.1 Å². The Kier molecular flexibility index (Phi) is 6.00. The van der Waals surface area contributed by atoms with E-state index in [0.717, 1.165) is 10.6 Å². The Hall–Kier alpha value is -2.06. The fraction of sp³-hybridized carbons (Fsp3) is 0.400. The maximum absolute atomic E-state index is 12.3. The lowest BCUT2D eigenvalue weighted by atomic mass is 10.2. The Morgan fingerprint density at radius 3 is 2.83 bits per heavy atom. The summed E-state index contributed by atoms with van der Waals surface area (Å²) in [7, 11) is 1.48. The van der Waals surface area contributed by atoms with E-state index in [2.05, 4.69) is 5.32 Å². The van der Waals surface area contributed by atoms with Crippen LogP contribution in [0, 0.1) is 0 Å². The number of nitrogens with one attached hydrogen (secondary N) is 1. The molecule has 1 aliphatic heterocycles. The summed E-state index contributed by atoms with van der Waals surface area (Å²) in [6, 6.07) is 7.35. The molecule has 2 N–H and O–H groups in total. The van der Waals surface area contributed by atoms with Crippen LogP contribution in [0.2, 0.25) is 0 Å². The maximum Gasteiger partial charge on any atom is 0.323 e. The number of ether oxygens (including phenoxy) is 1. The molecule has 124 valence electrons. The first-order chi connectivity index (χ1) is 11.0. The summed E-state index contributed by atoms with van der Waals surface area (Å²) in [6.45, 7) is 0.0148. The second-order valence-electron chi connectivity index (χ2n) is 5.00. The molecule has 23 heavy (non-hydrogen) atoms. The van der Waals surface area contributed by atoms with Gasteiger partial charge in [0.2, 0.25) is 11.8 Å². The summed E-state index contributed by atoms with van der Waals surface area (Å²) in [6.07, 6.45) is -0.0537. The molecule has 0 saturated heterocycles. The van der Waals surface area contributed by atoms with Crippen LogP contribution in [0.5, 0.6) is 0 Å². The fourth-order valence-corrected chi connectivity index (χ4v) is 3.27. The Bertz CT molecular complexity index is 607. The van der Waals surface area contributed by atoms with Gasteiger partial charge in [-0.1, -0.05) is 12.1 Å². The second kappa shape index (κ2) is 7.98. The van der Waals surface area contributed by atoms with Gasteiger partial charge in [0, 0.05) is 25.0 Å². The molecule has 0 unspecified atom stereocenters. The van der Waals surface area contributed by atoms with Crippen molar-refractivity contribution in [3.63, 3.8) is 0 Å². The largest absolute Gasteiger partial charge is 0.480 e. The highest BCUT2D eigenvalue weighted by atomic mass is 32.2. The van der Waals surface area contributed by atoms with Crippen molar-refractivity contribution < 1.29 is 24.2 Å². The summed E-state index contributed by atoms with van der Waals surface area (Å²) < 4.78 is 4.89. The molecule has 0 radical (unpaired) electrons. The van der Waals surface area contributed by atoms with Crippen molar-refractivity contribution in [1.82, 2.24) is 4.90 Å². The van der Waals surface area contributed by atoms with Gasteiger partial charge in [0.1, 0.15) is 6.54 Å². The van der Waals surface area contributed by atoms with Crippen molar-refractivity contribution in [1.29, 1.82) is 0 Å². The molecule has 1 aromatic rings. The third-order valence-electron chi connectivity index (χ3n) is 3.31. The van der Waals surface area contributed by atoms with Gasteiger partial charge in [-0.25, -0.2) is 0 Å². The first-order valence-corrected chi connectivity index (χ1v) is 7.94. The number of anilines is 1. The molecule has 0 fully saturated rings. The molecular formula is C15H18N2O5S. The van der Waals surface area contributed by atoms with Gasteiger partial charge in [-0.2, -0.15) is 0 Å². The molecule has 2 rings (SSSR count). The number of carboxylic acids is 1. The summed E-state index contributed by atoms with van der Waals surface area (Å²) in [5.41, 5.74) is 0.730. The summed E-state index contributed by atoms with van der Waals surface area (Å²) in [5, 5.41) is 11.1. The highest BCUT2D eigenvalue weighted by molar-refractivity contribution is 8.01. The lowest BCUT2D eigenvalue weighted by Crippen LogP contribution is -2.41. The van der Waals surface area contributed by atoms with Gasteiger partial charge in [-0.05, 0) is 12.1 Å². The number of hydrogen-bond acceptors (Lipinski definition) is 5. The van der Waals surface area contributed by atoms with Crippen molar-refractivity contribution in [3.05, 3.63) is 24.3 Å². The number of carbonyl (C=O) groups is 3. The van der Waals surface area contributed by atoms with E-state index in [0.29, 0.717) is 0 Å². The van der Waals surface area contributed by atoms with Gasteiger partial charge in [0.25, 0.3) is 0 Å².